The molecule has 1 amide bonds. The zero-order valence-corrected chi connectivity index (χ0v) is 9.94. The molecule has 0 saturated heterocycles. The predicted molar refractivity (Wildman–Crippen MR) is 65.2 cm³/mol. The molecule has 1 aromatic carbocycles. The van der Waals surface area contributed by atoms with Crippen molar-refractivity contribution in [2.24, 2.45) is 0 Å². The third-order valence-corrected chi connectivity index (χ3v) is 3.01. The molecule has 0 fully saturated rings. The lowest BCUT2D eigenvalue weighted by atomic mass is 10.3. The number of thioether (sulfide) groups is 1. The lowest BCUT2D eigenvalue weighted by Gasteiger charge is -2.05. The number of carbonyl (C=O) groups excluding carboxylic acids is 1. The van der Waals surface area contributed by atoms with Crippen LogP contribution in [0.2, 0.25) is 5.02 Å². The van der Waals surface area contributed by atoms with E-state index in [1.807, 2.05) is 6.07 Å². The van der Waals surface area contributed by atoms with Crippen LogP contribution in [0, 0.1) is 11.3 Å². The number of nitrogens with two attached hydrogens (primary N) is 1. The molecule has 4 nitrogen and oxygen atoms in total. The minimum atomic E-state index is -0.203. The number of amides is 1. The average Bonchev–Trinajstić information content (AvgIpc) is 2.27. The van der Waals surface area contributed by atoms with Gasteiger partial charge in [-0.3, -0.25) is 4.79 Å². The van der Waals surface area contributed by atoms with Gasteiger partial charge in [-0.05, 0) is 18.2 Å². The standard InChI is InChI=1S/C10H10ClN3OS/c11-7-1-2-8(13)9(5-7)16-6-10(15)14-4-3-12/h1-2,5H,4,6,13H2,(H,14,15). The van der Waals surface area contributed by atoms with E-state index in [2.05, 4.69) is 5.32 Å². The maximum Gasteiger partial charge on any atom is 0.231 e. The second-order valence-corrected chi connectivity index (χ2v) is 4.36. The summed E-state index contributed by atoms with van der Waals surface area (Å²) in [5, 5.41) is 11.3. The Bertz CT molecular complexity index is 431. The maximum absolute atomic E-state index is 11.2. The van der Waals surface area contributed by atoms with Crippen LogP contribution in [0.1, 0.15) is 0 Å². The van der Waals surface area contributed by atoms with Gasteiger partial charge >= 0.3 is 0 Å². The molecule has 0 aliphatic heterocycles. The van der Waals surface area contributed by atoms with Gasteiger partial charge in [0.05, 0.1) is 11.8 Å². The number of hydrogen-bond donors (Lipinski definition) is 2. The third kappa shape index (κ3) is 4.01. The largest absolute Gasteiger partial charge is 0.398 e. The van der Waals surface area contributed by atoms with E-state index in [4.69, 9.17) is 22.6 Å². The molecule has 0 aromatic heterocycles. The zero-order valence-electron chi connectivity index (χ0n) is 8.37. The monoisotopic (exact) mass is 255 g/mol. The summed E-state index contributed by atoms with van der Waals surface area (Å²) in [6.45, 7) is 0.0183. The maximum atomic E-state index is 11.2. The normalized spacial score (nSPS) is 9.50. The number of benzene rings is 1. The highest BCUT2D eigenvalue weighted by atomic mass is 35.5. The summed E-state index contributed by atoms with van der Waals surface area (Å²) in [5.74, 6) is 0.0117. The van der Waals surface area contributed by atoms with Crippen molar-refractivity contribution in [2.45, 2.75) is 4.90 Å². The molecule has 0 bridgehead atoms. The molecule has 0 atom stereocenters. The smallest absolute Gasteiger partial charge is 0.231 e. The molecule has 0 unspecified atom stereocenters. The highest BCUT2D eigenvalue weighted by molar-refractivity contribution is 8.00. The molecular formula is C10H10ClN3OS. The summed E-state index contributed by atoms with van der Waals surface area (Å²) in [6, 6.07) is 6.92. The topological polar surface area (TPSA) is 78.9 Å². The van der Waals surface area contributed by atoms with Crippen LogP contribution in [-0.4, -0.2) is 18.2 Å². The van der Waals surface area contributed by atoms with Crippen LogP contribution in [0.4, 0.5) is 5.69 Å². The molecule has 0 heterocycles. The van der Waals surface area contributed by atoms with Gasteiger partial charge < -0.3 is 11.1 Å². The summed E-state index contributed by atoms with van der Waals surface area (Å²) in [7, 11) is 0. The molecule has 0 spiro atoms. The van der Waals surface area contributed by atoms with Gasteiger partial charge in [0.15, 0.2) is 0 Å². The van der Waals surface area contributed by atoms with E-state index in [9.17, 15) is 4.79 Å². The molecule has 0 aliphatic carbocycles. The van der Waals surface area contributed by atoms with Crippen molar-refractivity contribution in [3.05, 3.63) is 23.2 Å². The Morgan fingerprint density at radius 3 is 3.06 bits per heavy atom. The van der Waals surface area contributed by atoms with Crippen molar-refractivity contribution >= 4 is 35.0 Å². The molecule has 84 valence electrons. The number of hydrogen-bond acceptors (Lipinski definition) is 4. The Labute approximate surface area is 103 Å². The van der Waals surface area contributed by atoms with Gasteiger partial charge in [0.1, 0.15) is 6.54 Å². The molecule has 1 aromatic rings. The number of anilines is 1. The first-order valence-electron chi connectivity index (χ1n) is 4.45. The average molecular weight is 256 g/mol. The van der Waals surface area contributed by atoms with Gasteiger partial charge in [-0.15, -0.1) is 11.8 Å². The number of halogens is 1. The second-order valence-electron chi connectivity index (χ2n) is 2.91. The van der Waals surface area contributed by atoms with Crippen molar-refractivity contribution in [3.63, 3.8) is 0 Å². The summed E-state index contributed by atoms with van der Waals surface area (Å²) in [6.07, 6.45) is 0. The van der Waals surface area contributed by atoms with Gasteiger partial charge in [-0.25, -0.2) is 0 Å². The number of carbonyl (C=O) groups is 1. The lowest BCUT2D eigenvalue weighted by molar-refractivity contribution is -0.118. The van der Waals surface area contributed by atoms with Crippen molar-refractivity contribution in [1.82, 2.24) is 5.32 Å². The van der Waals surface area contributed by atoms with Crippen molar-refractivity contribution in [3.8, 4) is 6.07 Å². The Morgan fingerprint density at radius 1 is 1.62 bits per heavy atom. The first-order chi connectivity index (χ1) is 7.63. The van der Waals surface area contributed by atoms with Crippen LogP contribution in [0.25, 0.3) is 0 Å². The Morgan fingerprint density at radius 2 is 2.38 bits per heavy atom. The SMILES string of the molecule is N#CCNC(=O)CSc1cc(Cl)ccc1N. The van der Waals surface area contributed by atoms with Crippen LogP contribution in [0.5, 0.6) is 0 Å². The number of nitriles is 1. The van der Waals surface area contributed by atoms with E-state index in [0.29, 0.717) is 10.7 Å². The number of rotatable bonds is 4. The molecule has 16 heavy (non-hydrogen) atoms. The first kappa shape index (κ1) is 12.7. The zero-order chi connectivity index (χ0) is 12.0. The van der Waals surface area contributed by atoms with Crippen LogP contribution < -0.4 is 11.1 Å². The van der Waals surface area contributed by atoms with Gasteiger partial charge in [0.2, 0.25) is 5.91 Å². The lowest BCUT2D eigenvalue weighted by Crippen LogP contribution is -2.25. The highest BCUT2D eigenvalue weighted by Gasteiger charge is 2.05. The molecule has 0 radical (unpaired) electrons. The Balaban J connectivity index is 2.51. The van der Waals surface area contributed by atoms with Crippen molar-refractivity contribution in [1.29, 1.82) is 5.26 Å². The number of nitrogens with one attached hydrogen (secondary N) is 1. The van der Waals surface area contributed by atoms with E-state index in [-0.39, 0.29) is 18.2 Å². The van der Waals surface area contributed by atoms with Crippen LogP contribution >= 0.6 is 23.4 Å². The van der Waals surface area contributed by atoms with E-state index >= 15 is 0 Å². The van der Waals surface area contributed by atoms with Gasteiger partial charge in [-0.2, -0.15) is 5.26 Å². The summed E-state index contributed by atoms with van der Waals surface area (Å²) < 4.78 is 0. The molecule has 0 aliphatic rings. The van der Waals surface area contributed by atoms with E-state index in [1.165, 1.54) is 11.8 Å². The van der Waals surface area contributed by atoms with Crippen LogP contribution in [-0.2, 0) is 4.79 Å². The van der Waals surface area contributed by atoms with Gasteiger partial charge in [0.25, 0.3) is 0 Å². The van der Waals surface area contributed by atoms with Crippen LogP contribution in [0.15, 0.2) is 23.1 Å². The molecule has 0 saturated carbocycles. The second kappa shape index (κ2) is 6.26. The van der Waals surface area contributed by atoms with E-state index in [0.717, 1.165) is 4.90 Å². The number of nitrogens with zero attached hydrogens (tertiary/aromatic N) is 1. The molecule has 1 rings (SSSR count). The van der Waals surface area contributed by atoms with E-state index < -0.39 is 0 Å². The molecule has 3 N–H and O–H groups in total. The predicted octanol–water partition coefficient (Wildman–Crippen LogP) is 1.65. The minimum Gasteiger partial charge on any atom is -0.398 e. The summed E-state index contributed by atoms with van der Waals surface area (Å²) in [5.41, 5.74) is 6.30. The summed E-state index contributed by atoms with van der Waals surface area (Å²) in [4.78, 5) is 12.0. The fraction of sp³-hybridized carbons (Fsp3) is 0.200. The van der Waals surface area contributed by atoms with Crippen molar-refractivity contribution in [2.75, 3.05) is 18.0 Å². The molecule has 6 heteroatoms. The van der Waals surface area contributed by atoms with Gasteiger partial charge in [0, 0.05) is 15.6 Å². The Kier molecular flexibility index (Phi) is 4.96. The van der Waals surface area contributed by atoms with E-state index in [1.54, 1.807) is 18.2 Å². The quantitative estimate of drug-likeness (QED) is 0.487. The Hall–Kier alpha value is -1.38. The fourth-order valence-electron chi connectivity index (χ4n) is 0.966. The minimum absolute atomic E-state index is 0.0183. The third-order valence-electron chi connectivity index (χ3n) is 1.70. The van der Waals surface area contributed by atoms with Gasteiger partial charge in [-0.1, -0.05) is 11.6 Å². The first-order valence-corrected chi connectivity index (χ1v) is 5.81. The summed E-state index contributed by atoms with van der Waals surface area (Å²) >= 11 is 7.09. The molecular weight excluding hydrogens is 246 g/mol. The number of nitrogen functional groups attached to an aromatic ring is 1. The van der Waals surface area contributed by atoms with Crippen molar-refractivity contribution < 1.29 is 4.79 Å². The van der Waals surface area contributed by atoms with Crippen LogP contribution in [0.3, 0.4) is 0 Å². The highest BCUT2D eigenvalue weighted by Crippen LogP contribution is 2.27. The fourth-order valence-corrected chi connectivity index (χ4v) is 2.04.